The summed E-state index contributed by atoms with van der Waals surface area (Å²) < 4.78 is 23.9. The van der Waals surface area contributed by atoms with Gasteiger partial charge in [0.1, 0.15) is 18.8 Å². The first kappa shape index (κ1) is 25.4. The molecule has 6 rings (SSSR count). The number of hydrogen-bond acceptors (Lipinski definition) is 6. The number of esters is 1. The van der Waals surface area contributed by atoms with E-state index in [0.29, 0.717) is 18.1 Å². The number of benzene rings is 3. The van der Waals surface area contributed by atoms with Gasteiger partial charge in [0.15, 0.2) is 11.5 Å². The van der Waals surface area contributed by atoms with E-state index in [1.54, 1.807) is 12.0 Å². The summed E-state index contributed by atoms with van der Waals surface area (Å²) in [5.41, 5.74) is 2.63. The number of methoxy groups -OCH3 is 1. The van der Waals surface area contributed by atoms with Gasteiger partial charge in [-0.3, -0.25) is 9.59 Å². The third-order valence-electron chi connectivity index (χ3n) is 8.05. The van der Waals surface area contributed by atoms with Crippen LogP contribution in [0.1, 0.15) is 54.3 Å². The lowest BCUT2D eigenvalue weighted by molar-refractivity contribution is -0.154. The summed E-state index contributed by atoms with van der Waals surface area (Å²) >= 11 is 0. The first-order chi connectivity index (χ1) is 19.1. The Morgan fingerprint density at radius 2 is 1.64 bits per heavy atom. The Bertz CT molecular complexity index is 1310. The van der Waals surface area contributed by atoms with Gasteiger partial charge in [-0.05, 0) is 54.5 Å². The molecule has 3 aromatic carbocycles. The molecule has 39 heavy (non-hydrogen) atoms. The third kappa shape index (κ3) is 4.99. The molecule has 2 aliphatic heterocycles. The summed E-state index contributed by atoms with van der Waals surface area (Å²) in [6.07, 6.45) is 3.83. The number of amides is 1. The van der Waals surface area contributed by atoms with Crippen LogP contribution in [0, 0.1) is 5.92 Å². The van der Waals surface area contributed by atoms with Crippen LogP contribution in [0.3, 0.4) is 0 Å². The Labute approximate surface area is 228 Å². The van der Waals surface area contributed by atoms with E-state index in [9.17, 15) is 9.59 Å². The molecule has 4 atom stereocenters. The predicted molar refractivity (Wildman–Crippen MR) is 144 cm³/mol. The number of hydrogen-bond donors (Lipinski definition) is 0. The molecule has 202 valence electrons. The average Bonchev–Trinajstić information content (AvgIpc) is 3.71. The normalized spacial score (nSPS) is 24.5. The van der Waals surface area contributed by atoms with Crippen LogP contribution in [-0.4, -0.2) is 42.8 Å². The highest BCUT2D eigenvalue weighted by molar-refractivity contribution is 6.01. The second-order valence-corrected chi connectivity index (χ2v) is 10.4. The Morgan fingerprint density at radius 1 is 0.923 bits per heavy atom. The molecular formula is C32H33NO6. The van der Waals surface area contributed by atoms with Crippen LogP contribution < -0.4 is 9.47 Å². The van der Waals surface area contributed by atoms with Crippen LogP contribution in [0.4, 0.5) is 0 Å². The molecule has 0 unspecified atom stereocenters. The highest BCUT2D eigenvalue weighted by Gasteiger charge is 2.58. The monoisotopic (exact) mass is 527 g/mol. The molecule has 0 spiro atoms. The van der Waals surface area contributed by atoms with Crippen LogP contribution in [0.5, 0.6) is 11.5 Å². The second-order valence-electron chi connectivity index (χ2n) is 10.4. The van der Waals surface area contributed by atoms with E-state index in [-0.39, 0.29) is 24.7 Å². The summed E-state index contributed by atoms with van der Waals surface area (Å²) in [5, 5.41) is 0. The van der Waals surface area contributed by atoms with Crippen molar-refractivity contribution < 1.29 is 28.5 Å². The van der Waals surface area contributed by atoms with Crippen molar-refractivity contribution in [1.29, 1.82) is 0 Å². The number of carbonyl (C=O) groups is 2. The summed E-state index contributed by atoms with van der Waals surface area (Å²) in [7, 11) is 1.62. The minimum Gasteiger partial charge on any atom is -0.493 e. The van der Waals surface area contributed by atoms with E-state index in [2.05, 4.69) is 0 Å². The Morgan fingerprint density at radius 3 is 2.36 bits per heavy atom. The number of carbonyl (C=O) groups excluding carboxylic acids is 2. The fraction of sp³-hybridized carbons (Fsp3) is 0.375. The molecule has 1 amide bonds. The average molecular weight is 528 g/mol. The van der Waals surface area contributed by atoms with Crippen molar-refractivity contribution in [3.63, 3.8) is 0 Å². The van der Waals surface area contributed by atoms with Crippen molar-refractivity contribution in [3.8, 4) is 11.5 Å². The number of ether oxygens (including phenoxy) is 4. The van der Waals surface area contributed by atoms with Gasteiger partial charge in [0, 0.05) is 0 Å². The molecule has 0 radical (unpaired) electrons. The van der Waals surface area contributed by atoms with Gasteiger partial charge in [-0.1, -0.05) is 66.7 Å². The summed E-state index contributed by atoms with van der Waals surface area (Å²) in [6, 6.07) is 24.7. The van der Waals surface area contributed by atoms with Gasteiger partial charge in [0.05, 0.1) is 31.8 Å². The Hall–Kier alpha value is -3.84. The van der Waals surface area contributed by atoms with E-state index in [4.69, 9.17) is 18.9 Å². The maximum Gasteiger partial charge on any atom is 0.319 e. The van der Waals surface area contributed by atoms with E-state index < -0.39 is 24.0 Å². The first-order valence-corrected chi connectivity index (χ1v) is 13.7. The van der Waals surface area contributed by atoms with Crippen molar-refractivity contribution in [2.24, 2.45) is 5.92 Å². The van der Waals surface area contributed by atoms with Gasteiger partial charge >= 0.3 is 5.97 Å². The smallest absolute Gasteiger partial charge is 0.319 e. The second kappa shape index (κ2) is 11.1. The molecule has 1 saturated carbocycles. The minimum atomic E-state index is -1.03. The molecule has 3 aromatic rings. The van der Waals surface area contributed by atoms with E-state index in [1.165, 1.54) is 0 Å². The molecule has 0 aromatic heterocycles. The summed E-state index contributed by atoms with van der Waals surface area (Å²) in [5.74, 6) is -1.15. The van der Waals surface area contributed by atoms with E-state index >= 15 is 0 Å². The number of rotatable bonds is 8. The van der Waals surface area contributed by atoms with Gasteiger partial charge in [0.25, 0.3) is 0 Å². The number of fused-ring (bicyclic) bond motifs is 1. The maximum atomic E-state index is 14.0. The molecule has 1 aliphatic carbocycles. The zero-order valence-corrected chi connectivity index (χ0v) is 22.0. The molecule has 7 heteroatoms. The molecule has 2 saturated heterocycles. The lowest BCUT2D eigenvalue weighted by Gasteiger charge is -2.24. The standard InChI is InChI=1S/C32H33NO6/c1-36-26-17-16-23(18-27(26)39-24-14-8-9-15-24)28-29(32(35)38-19-21-10-4-2-5-11-21)30(34)33-25(20-37-31(28)33)22-12-6-3-7-13-22/h2-7,10-13,16-18,24-25,28-29,31H,8-9,14-15,19-20H2,1H3/t25-,28+,29+,31-/m1/s1. The van der Waals surface area contributed by atoms with Crippen LogP contribution in [-0.2, 0) is 25.7 Å². The quantitative estimate of drug-likeness (QED) is 0.289. The molecule has 0 N–H and O–H groups in total. The van der Waals surface area contributed by atoms with Gasteiger partial charge in [0.2, 0.25) is 5.91 Å². The number of nitrogens with zero attached hydrogens (tertiary/aromatic N) is 1. The molecule has 7 nitrogen and oxygen atoms in total. The largest absolute Gasteiger partial charge is 0.493 e. The fourth-order valence-corrected chi connectivity index (χ4v) is 6.10. The van der Waals surface area contributed by atoms with Crippen molar-refractivity contribution >= 4 is 11.9 Å². The van der Waals surface area contributed by atoms with Crippen molar-refractivity contribution in [1.82, 2.24) is 4.90 Å². The van der Waals surface area contributed by atoms with Crippen molar-refractivity contribution in [2.75, 3.05) is 13.7 Å². The Balaban J connectivity index is 1.34. The van der Waals surface area contributed by atoms with Gasteiger partial charge in [-0.25, -0.2) is 0 Å². The summed E-state index contributed by atoms with van der Waals surface area (Å²) in [4.78, 5) is 29.3. The fourth-order valence-electron chi connectivity index (χ4n) is 6.10. The van der Waals surface area contributed by atoms with Crippen molar-refractivity contribution in [2.45, 2.75) is 56.6 Å². The van der Waals surface area contributed by atoms with Crippen molar-refractivity contribution in [3.05, 3.63) is 95.6 Å². The molecule has 0 bridgehead atoms. The van der Waals surface area contributed by atoms with Crippen LogP contribution in [0.15, 0.2) is 78.9 Å². The molecule has 3 fully saturated rings. The predicted octanol–water partition coefficient (Wildman–Crippen LogP) is 5.40. The zero-order chi connectivity index (χ0) is 26.8. The van der Waals surface area contributed by atoms with E-state index in [0.717, 1.165) is 42.4 Å². The lowest BCUT2D eigenvalue weighted by Crippen LogP contribution is -2.34. The highest BCUT2D eigenvalue weighted by atomic mass is 16.5. The third-order valence-corrected chi connectivity index (χ3v) is 8.05. The van der Waals surface area contributed by atoms with Crippen LogP contribution >= 0.6 is 0 Å². The first-order valence-electron chi connectivity index (χ1n) is 13.7. The highest BCUT2D eigenvalue weighted by Crippen LogP contribution is 2.49. The Kier molecular flexibility index (Phi) is 7.24. The SMILES string of the molecule is COc1ccc([C@H]2[C@H](C(=O)OCc3ccccc3)C(=O)N3[C@@H](c4ccccc4)CO[C@H]23)cc1OC1CCCC1. The maximum absolute atomic E-state index is 14.0. The molecular weight excluding hydrogens is 494 g/mol. The minimum absolute atomic E-state index is 0.0997. The van der Waals surface area contributed by atoms with E-state index in [1.807, 2.05) is 78.9 Å². The van der Waals surface area contributed by atoms with Gasteiger partial charge in [-0.15, -0.1) is 0 Å². The topological polar surface area (TPSA) is 74.3 Å². The lowest BCUT2D eigenvalue weighted by atomic mass is 9.87. The van der Waals surface area contributed by atoms with Gasteiger partial charge < -0.3 is 23.8 Å². The van der Waals surface area contributed by atoms with Crippen LogP contribution in [0.25, 0.3) is 0 Å². The zero-order valence-electron chi connectivity index (χ0n) is 22.0. The summed E-state index contributed by atoms with van der Waals surface area (Å²) in [6.45, 7) is 0.465. The van der Waals surface area contributed by atoms with Gasteiger partial charge in [-0.2, -0.15) is 0 Å². The molecule has 2 heterocycles. The van der Waals surface area contributed by atoms with Crippen LogP contribution in [0.2, 0.25) is 0 Å². The molecule has 3 aliphatic rings.